The Labute approximate surface area is 169 Å². The largest absolute Gasteiger partial charge is 0.355 e. The lowest BCUT2D eigenvalue weighted by atomic mass is 10.1. The molecule has 0 spiro atoms. The van der Waals surface area contributed by atoms with E-state index in [9.17, 15) is 9.59 Å². The zero-order valence-corrected chi connectivity index (χ0v) is 18.3. The average molecular weight is 392 g/mol. The molecular formula is C21H37N5O2. The van der Waals surface area contributed by atoms with Crippen LogP contribution < -0.4 is 5.32 Å². The molecule has 28 heavy (non-hydrogen) atoms. The second-order valence-electron chi connectivity index (χ2n) is 8.23. The van der Waals surface area contributed by atoms with Crippen molar-refractivity contribution in [3.63, 3.8) is 0 Å². The summed E-state index contributed by atoms with van der Waals surface area (Å²) in [5.74, 6) is 0.823. The van der Waals surface area contributed by atoms with Crippen LogP contribution in [0.3, 0.4) is 0 Å². The van der Waals surface area contributed by atoms with Crippen LogP contribution in [0.25, 0.3) is 0 Å². The topological polar surface area (TPSA) is 70.5 Å². The molecule has 0 aromatic carbocycles. The number of piperazine rings is 1. The van der Waals surface area contributed by atoms with Gasteiger partial charge in [-0.1, -0.05) is 20.8 Å². The number of hydrogen-bond donors (Lipinski definition) is 1. The highest BCUT2D eigenvalue weighted by molar-refractivity contribution is 5.78. The lowest BCUT2D eigenvalue weighted by molar-refractivity contribution is -0.133. The summed E-state index contributed by atoms with van der Waals surface area (Å²) in [7, 11) is 0. The van der Waals surface area contributed by atoms with Crippen molar-refractivity contribution in [1.29, 1.82) is 0 Å². The molecule has 1 aliphatic rings. The van der Waals surface area contributed by atoms with Crippen LogP contribution in [0.2, 0.25) is 0 Å². The van der Waals surface area contributed by atoms with Crippen molar-refractivity contribution in [2.45, 2.75) is 60.4 Å². The van der Waals surface area contributed by atoms with E-state index >= 15 is 0 Å². The van der Waals surface area contributed by atoms with E-state index in [0.29, 0.717) is 32.0 Å². The molecule has 2 amide bonds. The van der Waals surface area contributed by atoms with E-state index in [4.69, 9.17) is 0 Å². The van der Waals surface area contributed by atoms with Gasteiger partial charge in [-0.25, -0.2) is 0 Å². The number of rotatable bonds is 9. The van der Waals surface area contributed by atoms with Crippen molar-refractivity contribution in [1.82, 2.24) is 24.9 Å². The van der Waals surface area contributed by atoms with E-state index in [1.807, 2.05) is 18.7 Å². The van der Waals surface area contributed by atoms with Gasteiger partial charge in [0.15, 0.2) is 0 Å². The third-order valence-corrected chi connectivity index (χ3v) is 5.32. The molecule has 158 valence electrons. The lowest BCUT2D eigenvalue weighted by Gasteiger charge is -2.34. The molecule has 1 fully saturated rings. The molecule has 0 saturated carbocycles. The number of nitrogens with one attached hydrogen (secondary N) is 1. The highest BCUT2D eigenvalue weighted by Crippen LogP contribution is 2.17. The van der Waals surface area contributed by atoms with Crippen LogP contribution in [0, 0.1) is 19.8 Å². The summed E-state index contributed by atoms with van der Waals surface area (Å²) in [4.78, 5) is 28.5. The first-order valence-corrected chi connectivity index (χ1v) is 10.6. The Bertz CT molecular complexity index is 660. The van der Waals surface area contributed by atoms with E-state index in [-0.39, 0.29) is 11.8 Å². The average Bonchev–Trinajstić information content (AvgIpc) is 2.91. The van der Waals surface area contributed by atoms with Crippen molar-refractivity contribution in [3.05, 3.63) is 17.0 Å². The monoisotopic (exact) mass is 391 g/mol. The molecule has 2 rings (SSSR count). The summed E-state index contributed by atoms with van der Waals surface area (Å²) in [6, 6.07) is 0. The Balaban J connectivity index is 1.79. The third kappa shape index (κ3) is 6.33. The number of aromatic nitrogens is 2. The van der Waals surface area contributed by atoms with Crippen LogP contribution >= 0.6 is 0 Å². The summed E-state index contributed by atoms with van der Waals surface area (Å²) < 4.78 is 2.07. The Morgan fingerprint density at radius 1 is 1.14 bits per heavy atom. The standard InChI is InChI=1S/C21H37N5O2/c1-6-9-22-20(27)15-24-10-12-25(13-11-24)21(28)8-7-19-17(4)23-26(18(19)5)14-16(2)3/h16H,6-15H2,1-5H3,(H,22,27). The van der Waals surface area contributed by atoms with Crippen LogP contribution in [0.5, 0.6) is 0 Å². The quantitative estimate of drug-likeness (QED) is 0.696. The van der Waals surface area contributed by atoms with Gasteiger partial charge >= 0.3 is 0 Å². The smallest absolute Gasteiger partial charge is 0.234 e. The fraction of sp³-hybridized carbons (Fsp3) is 0.762. The van der Waals surface area contributed by atoms with Crippen molar-refractivity contribution in [2.24, 2.45) is 5.92 Å². The first-order valence-electron chi connectivity index (χ1n) is 10.6. The first-order chi connectivity index (χ1) is 13.3. The van der Waals surface area contributed by atoms with Crippen molar-refractivity contribution in [2.75, 3.05) is 39.3 Å². The van der Waals surface area contributed by atoms with Crippen molar-refractivity contribution >= 4 is 11.8 Å². The Kier molecular flexibility index (Phi) is 8.48. The minimum absolute atomic E-state index is 0.0750. The highest BCUT2D eigenvalue weighted by Gasteiger charge is 2.23. The van der Waals surface area contributed by atoms with Gasteiger partial charge in [-0.05, 0) is 38.2 Å². The Morgan fingerprint density at radius 2 is 1.82 bits per heavy atom. The minimum atomic E-state index is 0.0750. The number of carbonyl (C=O) groups excluding carboxylic acids is 2. The van der Waals surface area contributed by atoms with Gasteiger partial charge in [-0.15, -0.1) is 0 Å². The second-order valence-corrected chi connectivity index (χ2v) is 8.23. The summed E-state index contributed by atoms with van der Waals surface area (Å²) in [6.45, 7) is 15.5. The predicted octanol–water partition coefficient (Wildman–Crippen LogP) is 1.76. The molecule has 1 aliphatic heterocycles. The summed E-state index contributed by atoms with van der Waals surface area (Å²) in [5.41, 5.74) is 3.43. The van der Waals surface area contributed by atoms with Crippen LogP contribution in [-0.4, -0.2) is 70.7 Å². The molecule has 7 heteroatoms. The van der Waals surface area contributed by atoms with Crippen molar-refractivity contribution in [3.8, 4) is 0 Å². The van der Waals surface area contributed by atoms with Gasteiger partial charge in [0.05, 0.1) is 12.2 Å². The first kappa shape index (κ1) is 22.4. The Morgan fingerprint density at radius 3 is 2.43 bits per heavy atom. The number of amides is 2. The normalized spacial score (nSPS) is 15.3. The summed E-state index contributed by atoms with van der Waals surface area (Å²) >= 11 is 0. The van der Waals surface area contributed by atoms with E-state index in [1.165, 1.54) is 11.3 Å². The van der Waals surface area contributed by atoms with E-state index in [1.54, 1.807) is 0 Å². The lowest BCUT2D eigenvalue weighted by Crippen LogP contribution is -2.51. The Hall–Kier alpha value is -1.89. The van der Waals surface area contributed by atoms with Gasteiger partial charge < -0.3 is 10.2 Å². The fourth-order valence-electron chi connectivity index (χ4n) is 3.69. The molecule has 7 nitrogen and oxygen atoms in total. The third-order valence-electron chi connectivity index (χ3n) is 5.32. The molecule has 1 aromatic heterocycles. The SMILES string of the molecule is CCCNC(=O)CN1CCN(C(=O)CCc2c(C)nn(CC(C)C)c2C)CC1. The molecule has 0 radical (unpaired) electrons. The van der Waals surface area contributed by atoms with Crippen LogP contribution in [0.15, 0.2) is 0 Å². The zero-order chi connectivity index (χ0) is 20.7. The molecule has 0 unspecified atom stereocenters. The minimum Gasteiger partial charge on any atom is -0.355 e. The number of hydrogen-bond acceptors (Lipinski definition) is 4. The van der Waals surface area contributed by atoms with Crippen LogP contribution in [0.4, 0.5) is 0 Å². The predicted molar refractivity (Wildman–Crippen MR) is 111 cm³/mol. The van der Waals surface area contributed by atoms with E-state index < -0.39 is 0 Å². The molecule has 2 heterocycles. The van der Waals surface area contributed by atoms with Gasteiger partial charge in [0.1, 0.15) is 0 Å². The maximum Gasteiger partial charge on any atom is 0.234 e. The molecule has 1 saturated heterocycles. The highest BCUT2D eigenvalue weighted by atomic mass is 16.2. The summed E-state index contributed by atoms with van der Waals surface area (Å²) in [6.07, 6.45) is 2.21. The molecule has 0 atom stereocenters. The molecule has 0 bridgehead atoms. The van der Waals surface area contributed by atoms with Gasteiger partial charge in [-0.2, -0.15) is 5.10 Å². The fourth-order valence-corrected chi connectivity index (χ4v) is 3.69. The van der Waals surface area contributed by atoms with E-state index in [0.717, 1.165) is 44.7 Å². The molecule has 1 aromatic rings. The second kappa shape index (κ2) is 10.6. The summed E-state index contributed by atoms with van der Waals surface area (Å²) in [5, 5.41) is 7.55. The van der Waals surface area contributed by atoms with Gasteiger partial charge in [0.25, 0.3) is 0 Å². The van der Waals surface area contributed by atoms with Gasteiger partial charge in [0, 0.05) is 51.4 Å². The van der Waals surface area contributed by atoms with Crippen LogP contribution in [-0.2, 0) is 22.6 Å². The number of nitrogens with zero attached hydrogens (tertiary/aromatic N) is 4. The zero-order valence-electron chi connectivity index (χ0n) is 18.3. The van der Waals surface area contributed by atoms with Gasteiger partial charge in [0.2, 0.25) is 11.8 Å². The number of carbonyl (C=O) groups is 2. The van der Waals surface area contributed by atoms with Crippen LogP contribution in [0.1, 0.15) is 50.6 Å². The van der Waals surface area contributed by atoms with Crippen molar-refractivity contribution < 1.29 is 9.59 Å². The number of aryl methyl sites for hydroxylation is 1. The maximum atomic E-state index is 12.6. The molecular weight excluding hydrogens is 354 g/mol. The maximum absolute atomic E-state index is 12.6. The van der Waals surface area contributed by atoms with Gasteiger partial charge in [-0.3, -0.25) is 19.2 Å². The molecule has 0 aliphatic carbocycles. The molecule has 1 N–H and O–H groups in total. The van der Waals surface area contributed by atoms with E-state index in [2.05, 4.69) is 40.8 Å².